The van der Waals surface area contributed by atoms with Crippen molar-refractivity contribution in [3.05, 3.63) is 235 Å². The lowest BCUT2D eigenvalue weighted by Crippen LogP contribution is -2.32. The summed E-state index contributed by atoms with van der Waals surface area (Å²) in [6, 6.07) is 75.5. The van der Waals surface area contributed by atoms with Crippen molar-refractivity contribution in [2.24, 2.45) is 0 Å². The van der Waals surface area contributed by atoms with Crippen LogP contribution in [0.2, 0.25) is 0 Å². The van der Waals surface area contributed by atoms with Gasteiger partial charge in [-0.1, -0.05) is 176 Å². The first-order valence-electron chi connectivity index (χ1n) is 21.1. The van der Waals surface area contributed by atoms with Crippen molar-refractivity contribution in [1.82, 2.24) is 15.0 Å². The minimum atomic E-state index is -0.600. The van der Waals surface area contributed by atoms with Gasteiger partial charge in [0, 0.05) is 27.8 Å². The fourth-order valence-electron chi connectivity index (χ4n) is 10.3. The van der Waals surface area contributed by atoms with Gasteiger partial charge in [0.1, 0.15) is 11.5 Å². The highest BCUT2D eigenvalue weighted by atomic mass is 16.5. The van der Waals surface area contributed by atoms with Crippen molar-refractivity contribution in [2.75, 3.05) is 0 Å². The maximum atomic E-state index is 6.74. The molecule has 4 nitrogen and oxygen atoms in total. The third-order valence-electron chi connectivity index (χ3n) is 13.0. The molecule has 0 atom stereocenters. The molecule has 0 saturated carbocycles. The van der Waals surface area contributed by atoms with Crippen LogP contribution in [-0.2, 0) is 5.41 Å². The largest absolute Gasteiger partial charge is 0.457 e. The van der Waals surface area contributed by atoms with Crippen LogP contribution in [0.15, 0.2) is 212 Å². The highest BCUT2D eigenvalue weighted by Gasteiger charge is 2.51. The first kappa shape index (κ1) is 34.6. The monoisotopic (exact) mass is 789 g/mol. The standard InChI is InChI=1S/C58H35N3O/c1-2-15-36(16-3-1)55-59-56(39-18-14-17-37(33-39)38-29-31-45-43-21-5-4-19-41(43)42-20-6-7-22-44(42)48(45)34-38)61-57(60-55)40-30-32-54-52(35-40)58(51-27-12-13-28-53(51)62-54)49-25-10-8-23-46(49)47-24-9-11-26-50(47)58/h1-35H. The minimum Gasteiger partial charge on any atom is -0.457 e. The van der Waals surface area contributed by atoms with Crippen molar-refractivity contribution in [1.29, 1.82) is 0 Å². The molecule has 0 unspecified atom stereocenters. The summed E-state index contributed by atoms with van der Waals surface area (Å²) in [6.45, 7) is 0. The number of benzene rings is 10. The van der Waals surface area contributed by atoms with Gasteiger partial charge >= 0.3 is 0 Å². The molecule has 0 N–H and O–H groups in total. The normalized spacial score (nSPS) is 13.1. The summed E-state index contributed by atoms with van der Waals surface area (Å²) >= 11 is 0. The van der Waals surface area contributed by atoms with E-state index >= 15 is 0 Å². The third kappa shape index (κ3) is 5.04. The SMILES string of the molecule is c1ccc(-c2nc(-c3cccc(-c4ccc5c6ccccc6c6ccccc6c5c4)c3)nc(-c3ccc4c(c3)C3(c5ccccc5O4)c4ccccc4-c4ccccc43)n2)cc1. The van der Waals surface area contributed by atoms with E-state index in [1.165, 1.54) is 54.6 Å². The van der Waals surface area contributed by atoms with Gasteiger partial charge in [-0.15, -0.1) is 0 Å². The van der Waals surface area contributed by atoms with Crippen molar-refractivity contribution >= 4 is 32.3 Å². The van der Waals surface area contributed by atoms with E-state index in [2.05, 4.69) is 194 Å². The molecule has 288 valence electrons. The fraction of sp³-hybridized carbons (Fsp3) is 0.0172. The zero-order valence-electron chi connectivity index (χ0n) is 33.5. The molecule has 0 bridgehead atoms. The van der Waals surface area contributed by atoms with E-state index in [1.54, 1.807) is 0 Å². The molecule has 0 fully saturated rings. The fourth-order valence-corrected chi connectivity index (χ4v) is 10.3. The van der Waals surface area contributed by atoms with Gasteiger partial charge in [0.15, 0.2) is 17.5 Å². The Morgan fingerprint density at radius 1 is 0.274 bits per heavy atom. The van der Waals surface area contributed by atoms with Crippen molar-refractivity contribution < 1.29 is 4.74 Å². The molecule has 11 aromatic rings. The van der Waals surface area contributed by atoms with Gasteiger partial charge in [-0.2, -0.15) is 0 Å². The van der Waals surface area contributed by atoms with Gasteiger partial charge in [-0.3, -0.25) is 0 Å². The van der Waals surface area contributed by atoms with Crippen LogP contribution < -0.4 is 4.74 Å². The van der Waals surface area contributed by atoms with Gasteiger partial charge < -0.3 is 4.74 Å². The van der Waals surface area contributed by atoms with E-state index < -0.39 is 5.41 Å². The number of hydrogen-bond donors (Lipinski definition) is 0. The van der Waals surface area contributed by atoms with Crippen LogP contribution in [0.5, 0.6) is 11.5 Å². The zero-order chi connectivity index (χ0) is 40.8. The molecule has 1 aliphatic heterocycles. The average molecular weight is 790 g/mol. The lowest BCUT2D eigenvalue weighted by atomic mass is 9.66. The molecule has 1 aromatic heterocycles. The predicted octanol–water partition coefficient (Wildman–Crippen LogP) is 14.5. The first-order valence-corrected chi connectivity index (χ1v) is 21.1. The van der Waals surface area contributed by atoms with Gasteiger partial charge in [-0.05, 0) is 102 Å². The van der Waals surface area contributed by atoms with E-state index in [9.17, 15) is 0 Å². The number of para-hydroxylation sites is 1. The Hall–Kier alpha value is -8.21. The highest BCUT2D eigenvalue weighted by molar-refractivity contribution is 6.25. The predicted molar refractivity (Wildman–Crippen MR) is 251 cm³/mol. The molecule has 1 spiro atoms. The Kier molecular flexibility index (Phi) is 7.49. The number of fused-ring (bicyclic) bond motifs is 15. The molecule has 0 saturated heterocycles. The van der Waals surface area contributed by atoms with E-state index in [4.69, 9.17) is 19.7 Å². The van der Waals surface area contributed by atoms with Crippen LogP contribution in [0.4, 0.5) is 0 Å². The van der Waals surface area contributed by atoms with Gasteiger partial charge in [0.2, 0.25) is 0 Å². The van der Waals surface area contributed by atoms with Gasteiger partial charge in [0.05, 0.1) is 5.41 Å². The van der Waals surface area contributed by atoms with E-state index in [1.807, 2.05) is 18.2 Å². The average Bonchev–Trinajstić information content (AvgIpc) is 3.64. The maximum Gasteiger partial charge on any atom is 0.164 e. The molecular formula is C58H35N3O. The lowest BCUT2D eigenvalue weighted by molar-refractivity contribution is 0.436. The second kappa shape index (κ2) is 13.4. The molecule has 0 amide bonds. The second-order valence-corrected chi connectivity index (χ2v) is 16.3. The summed E-state index contributed by atoms with van der Waals surface area (Å²) in [5.41, 5.74) is 11.5. The molecule has 0 radical (unpaired) electrons. The Bertz CT molecular complexity index is 3550. The Morgan fingerprint density at radius 3 is 1.40 bits per heavy atom. The Balaban J connectivity index is 0.991. The second-order valence-electron chi connectivity index (χ2n) is 16.3. The van der Waals surface area contributed by atoms with Crippen molar-refractivity contribution in [3.63, 3.8) is 0 Å². The highest BCUT2D eigenvalue weighted by Crippen LogP contribution is 2.62. The summed E-state index contributed by atoms with van der Waals surface area (Å²) in [4.78, 5) is 15.7. The summed E-state index contributed by atoms with van der Waals surface area (Å²) in [7, 11) is 0. The van der Waals surface area contributed by atoms with Gasteiger partial charge in [-0.25, -0.2) is 15.0 Å². The van der Waals surface area contributed by atoms with E-state index in [0.29, 0.717) is 17.5 Å². The van der Waals surface area contributed by atoms with Crippen LogP contribution in [-0.4, -0.2) is 15.0 Å². The molecule has 2 heterocycles. The topological polar surface area (TPSA) is 47.9 Å². The summed E-state index contributed by atoms with van der Waals surface area (Å²) < 4.78 is 6.74. The molecular weight excluding hydrogens is 755 g/mol. The summed E-state index contributed by atoms with van der Waals surface area (Å²) in [5.74, 6) is 3.50. The number of nitrogens with zero attached hydrogens (tertiary/aromatic N) is 3. The molecule has 62 heavy (non-hydrogen) atoms. The third-order valence-corrected chi connectivity index (χ3v) is 13.0. The smallest absolute Gasteiger partial charge is 0.164 e. The number of hydrogen-bond acceptors (Lipinski definition) is 4. The quantitative estimate of drug-likeness (QED) is 0.167. The van der Waals surface area contributed by atoms with Crippen LogP contribution in [0.1, 0.15) is 22.3 Å². The van der Waals surface area contributed by atoms with Crippen molar-refractivity contribution in [2.45, 2.75) is 5.41 Å². The van der Waals surface area contributed by atoms with Crippen LogP contribution in [0.25, 0.3) is 88.7 Å². The molecule has 10 aromatic carbocycles. The Labute approximate surface area is 358 Å². The number of ether oxygens (including phenoxy) is 1. The Morgan fingerprint density at radius 2 is 0.726 bits per heavy atom. The number of rotatable bonds is 4. The maximum absolute atomic E-state index is 6.74. The van der Waals surface area contributed by atoms with E-state index in [-0.39, 0.29) is 0 Å². The molecule has 1 aliphatic carbocycles. The molecule has 4 heteroatoms. The molecule has 2 aliphatic rings. The first-order chi connectivity index (χ1) is 30.7. The molecule has 13 rings (SSSR count). The zero-order valence-corrected chi connectivity index (χ0v) is 33.5. The minimum absolute atomic E-state index is 0.597. The van der Waals surface area contributed by atoms with Crippen LogP contribution in [0.3, 0.4) is 0 Å². The van der Waals surface area contributed by atoms with Crippen LogP contribution in [0, 0.1) is 0 Å². The summed E-state index contributed by atoms with van der Waals surface area (Å²) in [5, 5.41) is 7.53. The van der Waals surface area contributed by atoms with Crippen LogP contribution >= 0.6 is 0 Å². The van der Waals surface area contributed by atoms with E-state index in [0.717, 1.165) is 50.4 Å². The van der Waals surface area contributed by atoms with Gasteiger partial charge in [0.25, 0.3) is 0 Å². The lowest BCUT2D eigenvalue weighted by Gasteiger charge is -2.39. The van der Waals surface area contributed by atoms with Crippen molar-refractivity contribution in [3.8, 4) is 67.9 Å². The number of aromatic nitrogens is 3. The summed E-state index contributed by atoms with van der Waals surface area (Å²) in [6.07, 6.45) is 0.